The highest BCUT2D eigenvalue weighted by atomic mass is 32.1. The van der Waals surface area contributed by atoms with Crippen LogP contribution in [0.25, 0.3) is 55.3 Å². The number of likely N-dealkylation sites (tertiary alicyclic amines) is 1. The predicted molar refractivity (Wildman–Crippen MR) is 138 cm³/mol. The number of fused-ring (bicyclic) bond motifs is 2. The topological polar surface area (TPSA) is 99.3 Å². The van der Waals surface area contributed by atoms with Crippen LogP contribution in [-0.2, 0) is 6.54 Å². The number of hydrogen-bond acceptors (Lipinski definition) is 7. The van der Waals surface area contributed by atoms with Gasteiger partial charge < -0.3 is 4.98 Å². The maximum Gasteiger partial charge on any atom is 0.261 e. The average Bonchev–Trinajstić information content (AvgIpc) is 3.70. The summed E-state index contributed by atoms with van der Waals surface area (Å²) in [5.41, 5.74) is 3.46. The van der Waals surface area contributed by atoms with Crippen LogP contribution < -0.4 is 0 Å². The molecular weight excluding hydrogens is 532 g/mol. The highest BCUT2D eigenvalue weighted by Gasteiger charge is 2.38. The van der Waals surface area contributed by atoms with Crippen LogP contribution in [0.4, 0.5) is 17.6 Å². The van der Waals surface area contributed by atoms with Gasteiger partial charge in [-0.3, -0.25) is 15.0 Å². The molecule has 0 saturated carbocycles. The Hall–Kier alpha value is -4.23. The van der Waals surface area contributed by atoms with Crippen molar-refractivity contribution in [3.63, 3.8) is 0 Å². The number of thiophene rings is 1. The van der Waals surface area contributed by atoms with E-state index in [9.17, 15) is 13.2 Å². The Kier molecular flexibility index (Phi) is 5.45. The second-order valence-electron chi connectivity index (χ2n) is 9.43. The molecule has 6 aromatic heterocycles. The molecule has 7 heterocycles. The lowest BCUT2D eigenvalue weighted by Gasteiger charge is -2.15. The molecule has 0 aliphatic carbocycles. The van der Waals surface area contributed by atoms with E-state index in [1.165, 1.54) is 18.5 Å². The van der Waals surface area contributed by atoms with E-state index >= 15 is 4.39 Å². The summed E-state index contributed by atoms with van der Waals surface area (Å²) >= 11 is 0.999. The van der Waals surface area contributed by atoms with Crippen LogP contribution >= 0.6 is 11.3 Å². The summed E-state index contributed by atoms with van der Waals surface area (Å²) < 4.78 is 56.9. The fraction of sp³-hybridized carbons (Fsp3) is 0.192. The predicted octanol–water partition coefficient (Wildman–Crippen LogP) is 5.81. The normalized spacial score (nSPS) is 15.6. The second-order valence-corrected chi connectivity index (χ2v) is 10.5. The van der Waals surface area contributed by atoms with Gasteiger partial charge in [-0.05, 0) is 29.8 Å². The van der Waals surface area contributed by atoms with Crippen LogP contribution in [0.1, 0.15) is 12.0 Å². The number of hydrogen-bond donors (Lipinski definition) is 2. The van der Waals surface area contributed by atoms with Crippen molar-refractivity contribution in [2.75, 3.05) is 13.1 Å². The van der Waals surface area contributed by atoms with Gasteiger partial charge in [0, 0.05) is 65.9 Å². The quantitative estimate of drug-likeness (QED) is 0.263. The molecule has 0 aromatic carbocycles. The lowest BCUT2D eigenvalue weighted by molar-refractivity contribution is 0.0115. The van der Waals surface area contributed by atoms with E-state index in [-0.39, 0.29) is 53.5 Å². The van der Waals surface area contributed by atoms with E-state index in [0.717, 1.165) is 16.9 Å². The van der Waals surface area contributed by atoms with Crippen LogP contribution in [0.3, 0.4) is 0 Å². The first kappa shape index (κ1) is 23.9. The van der Waals surface area contributed by atoms with E-state index in [2.05, 4.69) is 35.1 Å². The standard InChI is InChI=1S/C26H18F4N8S/c27-18-2-1-17(39-18)15-3-5-32-24-21(15)34-25(35-24)22-19-20(28)16(10-33-23(19)37-36-22)14-7-13(8-31-9-14)11-38-6-4-26(29,30)12-38/h1-3,5,7-10H,4,6,11-12H2,(H,32,34,35)(H,33,36,37). The van der Waals surface area contributed by atoms with Gasteiger partial charge in [-0.15, -0.1) is 11.3 Å². The molecule has 7 rings (SSSR count). The fourth-order valence-electron chi connectivity index (χ4n) is 4.94. The number of nitrogens with one attached hydrogen (secondary N) is 2. The average molecular weight is 551 g/mol. The van der Waals surface area contributed by atoms with Crippen molar-refractivity contribution in [1.82, 2.24) is 40.0 Å². The number of rotatable bonds is 5. The van der Waals surface area contributed by atoms with Gasteiger partial charge in [-0.25, -0.2) is 28.1 Å². The smallest absolute Gasteiger partial charge is 0.261 e. The molecule has 1 fully saturated rings. The molecule has 0 unspecified atom stereocenters. The minimum absolute atomic E-state index is 0.125. The Morgan fingerprint density at radius 3 is 2.72 bits per heavy atom. The Morgan fingerprint density at radius 1 is 1.03 bits per heavy atom. The molecule has 6 aromatic rings. The molecule has 0 radical (unpaired) electrons. The van der Waals surface area contributed by atoms with Gasteiger partial charge >= 0.3 is 0 Å². The molecule has 1 aliphatic rings. The summed E-state index contributed by atoms with van der Waals surface area (Å²) in [6.07, 6.45) is 5.86. The Morgan fingerprint density at radius 2 is 1.92 bits per heavy atom. The molecule has 8 nitrogen and oxygen atoms in total. The van der Waals surface area contributed by atoms with E-state index in [4.69, 9.17) is 0 Å². The maximum atomic E-state index is 16.0. The summed E-state index contributed by atoms with van der Waals surface area (Å²) in [6, 6.07) is 6.55. The molecular formula is C26H18F4N8S. The van der Waals surface area contributed by atoms with Crippen LogP contribution in [0.5, 0.6) is 0 Å². The summed E-state index contributed by atoms with van der Waals surface area (Å²) in [6.45, 7) is 0.257. The first-order valence-corrected chi connectivity index (χ1v) is 12.8. The molecule has 39 heavy (non-hydrogen) atoms. The van der Waals surface area contributed by atoms with Crippen molar-refractivity contribution in [3.8, 4) is 33.1 Å². The Bertz CT molecular complexity index is 1860. The largest absolute Gasteiger partial charge is 0.335 e. The number of aromatic amines is 2. The summed E-state index contributed by atoms with van der Waals surface area (Å²) in [4.78, 5) is 22.9. The van der Waals surface area contributed by atoms with Crippen LogP contribution in [0, 0.1) is 10.9 Å². The number of H-pyrrole nitrogens is 2. The van der Waals surface area contributed by atoms with Crippen LogP contribution in [0.15, 0.2) is 49.1 Å². The number of alkyl halides is 2. The van der Waals surface area contributed by atoms with Gasteiger partial charge in [0.15, 0.2) is 22.2 Å². The number of aromatic nitrogens is 7. The van der Waals surface area contributed by atoms with Crippen molar-refractivity contribution in [3.05, 3.63) is 65.6 Å². The number of halogens is 4. The Balaban J connectivity index is 1.28. The third-order valence-corrected chi connectivity index (χ3v) is 7.65. The molecule has 196 valence electrons. The van der Waals surface area contributed by atoms with Gasteiger partial charge in [0.25, 0.3) is 5.92 Å². The van der Waals surface area contributed by atoms with Gasteiger partial charge in [-0.1, -0.05) is 0 Å². The van der Waals surface area contributed by atoms with E-state index < -0.39 is 11.7 Å². The van der Waals surface area contributed by atoms with Gasteiger partial charge in [0.2, 0.25) is 0 Å². The third kappa shape index (κ3) is 4.23. The molecule has 0 amide bonds. The van der Waals surface area contributed by atoms with Gasteiger partial charge in [0.1, 0.15) is 11.5 Å². The van der Waals surface area contributed by atoms with Crippen molar-refractivity contribution in [2.45, 2.75) is 18.9 Å². The molecule has 0 bridgehead atoms. The zero-order valence-electron chi connectivity index (χ0n) is 20.1. The molecule has 1 aliphatic heterocycles. The van der Waals surface area contributed by atoms with E-state index in [1.807, 2.05) is 0 Å². The van der Waals surface area contributed by atoms with Crippen molar-refractivity contribution in [2.24, 2.45) is 0 Å². The fourth-order valence-corrected chi connectivity index (χ4v) is 5.70. The lowest BCUT2D eigenvalue weighted by Crippen LogP contribution is -2.24. The SMILES string of the molecule is Fc1ccc(-c2ccnc3nc(-c4[nH]nc5ncc(-c6cncc(CN7CCC(F)(F)C7)c6)c(F)c45)[nH]c23)s1. The van der Waals surface area contributed by atoms with Crippen LogP contribution in [-0.4, -0.2) is 59.0 Å². The van der Waals surface area contributed by atoms with Gasteiger partial charge in [0.05, 0.1) is 17.4 Å². The highest BCUT2D eigenvalue weighted by molar-refractivity contribution is 7.14. The van der Waals surface area contributed by atoms with Gasteiger partial charge in [-0.2, -0.15) is 9.49 Å². The number of imidazole rings is 1. The highest BCUT2D eigenvalue weighted by Crippen LogP contribution is 2.36. The van der Waals surface area contributed by atoms with E-state index in [0.29, 0.717) is 33.0 Å². The van der Waals surface area contributed by atoms with Crippen molar-refractivity contribution < 1.29 is 17.6 Å². The second kappa shape index (κ2) is 8.92. The Labute approximate surface area is 221 Å². The molecule has 1 saturated heterocycles. The third-order valence-electron chi connectivity index (χ3n) is 6.75. The molecule has 0 spiro atoms. The molecule has 13 heteroatoms. The monoisotopic (exact) mass is 550 g/mol. The zero-order valence-corrected chi connectivity index (χ0v) is 20.9. The summed E-state index contributed by atoms with van der Waals surface area (Å²) in [7, 11) is 0. The first-order valence-electron chi connectivity index (χ1n) is 12.0. The minimum atomic E-state index is -2.70. The number of pyridine rings is 3. The van der Waals surface area contributed by atoms with Crippen molar-refractivity contribution in [1.29, 1.82) is 0 Å². The summed E-state index contributed by atoms with van der Waals surface area (Å²) in [5.74, 6) is -2.98. The molecule has 0 atom stereocenters. The lowest BCUT2D eigenvalue weighted by atomic mass is 10.0. The zero-order chi connectivity index (χ0) is 26.7. The minimum Gasteiger partial charge on any atom is -0.335 e. The van der Waals surface area contributed by atoms with Crippen molar-refractivity contribution >= 4 is 33.5 Å². The molecule has 2 N–H and O–H groups in total. The van der Waals surface area contributed by atoms with Crippen LogP contribution in [0.2, 0.25) is 0 Å². The summed E-state index contributed by atoms with van der Waals surface area (Å²) in [5, 5.41) is 6.78. The maximum absolute atomic E-state index is 16.0. The first-order chi connectivity index (χ1) is 18.8. The van der Waals surface area contributed by atoms with E-state index in [1.54, 1.807) is 35.5 Å². The number of nitrogens with zero attached hydrogens (tertiary/aromatic N) is 6.